The molecule has 0 radical (unpaired) electrons. The number of hydrogen-bond acceptors (Lipinski definition) is 4. The molecule has 3 aromatic rings. The Bertz CT molecular complexity index is 1150. The highest BCUT2D eigenvalue weighted by Gasteiger charge is 2.29. The molecule has 1 N–H and O–H groups in total. The summed E-state index contributed by atoms with van der Waals surface area (Å²) in [5.41, 5.74) is 2.57. The summed E-state index contributed by atoms with van der Waals surface area (Å²) in [5, 5.41) is 4.04. The van der Waals surface area contributed by atoms with Gasteiger partial charge in [0.25, 0.3) is 0 Å². The van der Waals surface area contributed by atoms with Crippen molar-refractivity contribution in [2.24, 2.45) is 5.92 Å². The van der Waals surface area contributed by atoms with Gasteiger partial charge in [0.1, 0.15) is 5.82 Å². The van der Waals surface area contributed by atoms with Gasteiger partial charge in [0.05, 0.1) is 40.3 Å². The summed E-state index contributed by atoms with van der Waals surface area (Å²) in [6, 6.07) is 10.2. The minimum Gasteiger partial charge on any atom is -0.379 e. The minimum absolute atomic E-state index is 0.0133. The second-order valence-electron chi connectivity index (χ2n) is 8.71. The molecule has 1 atom stereocenters. The molecule has 6 nitrogen and oxygen atoms in total. The molecule has 2 fully saturated rings. The van der Waals surface area contributed by atoms with Crippen LogP contribution in [-0.4, -0.2) is 47.8 Å². The maximum atomic E-state index is 13.4. The van der Waals surface area contributed by atoms with Gasteiger partial charge < -0.3 is 19.5 Å². The zero-order chi connectivity index (χ0) is 22.9. The highest BCUT2D eigenvalue weighted by molar-refractivity contribution is 6.42. The fraction of sp³-hybridized carbons (Fsp3) is 0.417. The lowest BCUT2D eigenvalue weighted by Gasteiger charge is -2.33. The monoisotopic (exact) mass is 490 g/mol. The Morgan fingerprint density at radius 1 is 1.12 bits per heavy atom. The Kier molecular flexibility index (Phi) is 6.45. The van der Waals surface area contributed by atoms with Crippen molar-refractivity contribution < 1.29 is 13.9 Å². The van der Waals surface area contributed by atoms with Crippen LogP contribution in [0.3, 0.4) is 0 Å². The first-order valence-electron chi connectivity index (χ1n) is 11.2. The van der Waals surface area contributed by atoms with Gasteiger partial charge in [-0.05, 0) is 49.1 Å². The molecule has 9 heteroatoms. The average molecular weight is 491 g/mol. The normalized spacial score (nSPS) is 19.4. The van der Waals surface area contributed by atoms with Crippen LogP contribution in [0.15, 0.2) is 36.4 Å². The Morgan fingerprint density at radius 3 is 2.55 bits per heavy atom. The van der Waals surface area contributed by atoms with Crippen LogP contribution in [0.2, 0.25) is 10.0 Å². The van der Waals surface area contributed by atoms with E-state index in [1.165, 1.54) is 12.1 Å². The van der Waals surface area contributed by atoms with Gasteiger partial charge in [-0.1, -0.05) is 35.3 Å². The van der Waals surface area contributed by atoms with Crippen molar-refractivity contribution in [3.63, 3.8) is 0 Å². The number of halogens is 3. The highest BCUT2D eigenvalue weighted by atomic mass is 35.5. The molecule has 2 aliphatic rings. The number of benzene rings is 2. The predicted molar refractivity (Wildman–Crippen MR) is 128 cm³/mol. The summed E-state index contributed by atoms with van der Waals surface area (Å²) in [6.07, 6.45) is 2.38. The van der Waals surface area contributed by atoms with Crippen LogP contribution in [0.1, 0.15) is 24.8 Å². The molecule has 5 rings (SSSR count). The summed E-state index contributed by atoms with van der Waals surface area (Å²) in [4.78, 5) is 19.7. The standard InChI is InChI=1S/C24H25Cl2FN4O2/c25-19-11-21-22(12-20(19)26)31(13-15-1-3-17(27)4-2-15)24(29-21)30-8-5-16(6-9-30)23(32)28-18-7-10-33-14-18/h1-4,11-12,16,18H,5-10,13-14H2,(H,28,32). The quantitative estimate of drug-likeness (QED) is 0.565. The summed E-state index contributed by atoms with van der Waals surface area (Å²) in [7, 11) is 0. The van der Waals surface area contributed by atoms with E-state index in [-0.39, 0.29) is 23.7 Å². The van der Waals surface area contributed by atoms with E-state index in [1.807, 2.05) is 6.07 Å². The van der Waals surface area contributed by atoms with Crippen molar-refractivity contribution in [2.45, 2.75) is 31.8 Å². The summed E-state index contributed by atoms with van der Waals surface area (Å²) in [5.74, 6) is 0.633. The molecule has 0 aliphatic carbocycles. The second kappa shape index (κ2) is 9.49. The molecule has 174 valence electrons. The number of fused-ring (bicyclic) bond motifs is 1. The first-order valence-corrected chi connectivity index (χ1v) is 12.0. The number of carbonyl (C=O) groups is 1. The van der Waals surface area contributed by atoms with E-state index < -0.39 is 0 Å². The van der Waals surface area contributed by atoms with E-state index >= 15 is 0 Å². The molecule has 1 amide bonds. The second-order valence-corrected chi connectivity index (χ2v) is 9.52. The van der Waals surface area contributed by atoms with Gasteiger partial charge >= 0.3 is 0 Å². The van der Waals surface area contributed by atoms with Gasteiger partial charge in [-0.2, -0.15) is 0 Å². The van der Waals surface area contributed by atoms with E-state index in [0.717, 1.165) is 41.8 Å². The minimum atomic E-state index is -0.270. The topological polar surface area (TPSA) is 59.4 Å². The molecule has 3 heterocycles. The molecule has 0 spiro atoms. The molecular formula is C24H25Cl2FN4O2. The molecule has 2 aliphatic heterocycles. The molecule has 1 aromatic heterocycles. The number of anilines is 1. The Hall–Kier alpha value is -2.35. The maximum absolute atomic E-state index is 13.4. The average Bonchev–Trinajstić information content (AvgIpc) is 3.44. The summed E-state index contributed by atoms with van der Waals surface area (Å²) >= 11 is 12.6. The van der Waals surface area contributed by atoms with Crippen LogP contribution in [0.5, 0.6) is 0 Å². The fourth-order valence-electron chi connectivity index (χ4n) is 4.59. The Labute approximate surface area is 201 Å². The number of ether oxygens (including phenoxy) is 1. The van der Waals surface area contributed by atoms with E-state index in [2.05, 4.69) is 14.8 Å². The van der Waals surface area contributed by atoms with Gasteiger partial charge in [0.15, 0.2) is 0 Å². The van der Waals surface area contributed by atoms with Crippen molar-refractivity contribution in [1.82, 2.24) is 14.9 Å². The van der Waals surface area contributed by atoms with E-state index in [9.17, 15) is 9.18 Å². The first-order chi connectivity index (χ1) is 16.0. The van der Waals surface area contributed by atoms with Crippen LogP contribution in [-0.2, 0) is 16.1 Å². The molecule has 0 bridgehead atoms. The van der Waals surface area contributed by atoms with Crippen LogP contribution < -0.4 is 10.2 Å². The first kappa shape index (κ1) is 22.4. The van der Waals surface area contributed by atoms with Crippen LogP contribution in [0, 0.1) is 11.7 Å². The van der Waals surface area contributed by atoms with Gasteiger partial charge in [-0.15, -0.1) is 0 Å². The van der Waals surface area contributed by atoms with Gasteiger partial charge in [-0.25, -0.2) is 9.37 Å². The lowest BCUT2D eigenvalue weighted by atomic mass is 9.95. The third-order valence-electron chi connectivity index (χ3n) is 6.45. The van der Waals surface area contributed by atoms with E-state index in [1.54, 1.807) is 18.2 Å². The number of carbonyl (C=O) groups excluding carboxylic acids is 1. The SMILES string of the molecule is O=C(NC1CCOC1)C1CCN(c2nc3cc(Cl)c(Cl)cc3n2Cc2ccc(F)cc2)CC1. The zero-order valence-corrected chi connectivity index (χ0v) is 19.6. The highest BCUT2D eigenvalue weighted by Crippen LogP contribution is 2.33. The van der Waals surface area contributed by atoms with Crippen molar-refractivity contribution in [2.75, 3.05) is 31.2 Å². The van der Waals surface area contributed by atoms with Gasteiger partial charge in [0, 0.05) is 25.6 Å². The van der Waals surface area contributed by atoms with Crippen LogP contribution >= 0.6 is 23.2 Å². The number of nitrogens with one attached hydrogen (secondary N) is 1. The van der Waals surface area contributed by atoms with Crippen molar-refractivity contribution in [3.8, 4) is 0 Å². The van der Waals surface area contributed by atoms with Crippen LogP contribution in [0.25, 0.3) is 11.0 Å². The Balaban J connectivity index is 1.38. The molecule has 2 saturated heterocycles. The number of rotatable bonds is 5. The lowest BCUT2D eigenvalue weighted by molar-refractivity contribution is -0.126. The summed E-state index contributed by atoms with van der Waals surface area (Å²) in [6.45, 7) is 3.26. The van der Waals surface area contributed by atoms with Crippen molar-refractivity contribution >= 4 is 46.1 Å². The molecule has 2 aromatic carbocycles. The zero-order valence-electron chi connectivity index (χ0n) is 18.1. The predicted octanol–water partition coefficient (Wildman–Crippen LogP) is 4.65. The molecule has 1 unspecified atom stereocenters. The number of nitrogens with zero attached hydrogens (tertiary/aromatic N) is 3. The summed E-state index contributed by atoms with van der Waals surface area (Å²) < 4.78 is 20.9. The number of amides is 1. The number of imidazole rings is 1. The van der Waals surface area contributed by atoms with E-state index in [0.29, 0.717) is 42.9 Å². The van der Waals surface area contributed by atoms with Gasteiger partial charge in [-0.3, -0.25) is 4.79 Å². The third-order valence-corrected chi connectivity index (χ3v) is 7.17. The smallest absolute Gasteiger partial charge is 0.223 e. The fourth-order valence-corrected chi connectivity index (χ4v) is 4.90. The molecule has 33 heavy (non-hydrogen) atoms. The molecule has 0 saturated carbocycles. The van der Waals surface area contributed by atoms with Crippen LogP contribution in [0.4, 0.5) is 10.3 Å². The number of aromatic nitrogens is 2. The number of piperidine rings is 1. The van der Waals surface area contributed by atoms with Crippen molar-refractivity contribution in [1.29, 1.82) is 0 Å². The van der Waals surface area contributed by atoms with E-state index in [4.69, 9.17) is 32.9 Å². The maximum Gasteiger partial charge on any atom is 0.223 e. The van der Waals surface area contributed by atoms with Gasteiger partial charge in [0.2, 0.25) is 11.9 Å². The Morgan fingerprint density at radius 2 is 1.85 bits per heavy atom. The third kappa shape index (κ3) is 4.81. The molecular weight excluding hydrogens is 466 g/mol. The lowest BCUT2D eigenvalue weighted by Crippen LogP contribution is -2.44. The largest absolute Gasteiger partial charge is 0.379 e. The number of hydrogen-bond donors (Lipinski definition) is 1. The van der Waals surface area contributed by atoms with Crippen molar-refractivity contribution in [3.05, 3.63) is 57.8 Å².